The van der Waals surface area contributed by atoms with Gasteiger partial charge in [0.25, 0.3) is 0 Å². The maximum Gasteiger partial charge on any atom is 0.193 e. The molecule has 0 amide bonds. The minimum Gasteiger partial charge on any atom is -0.497 e. The highest BCUT2D eigenvalue weighted by Gasteiger charge is 2.21. The van der Waals surface area contributed by atoms with Crippen LogP contribution in [-0.2, 0) is 9.84 Å². The molecule has 0 saturated carbocycles. The number of rotatable bonds is 3. The van der Waals surface area contributed by atoms with E-state index in [0.717, 1.165) is 0 Å². The molecule has 0 saturated heterocycles. The van der Waals surface area contributed by atoms with Gasteiger partial charge >= 0.3 is 0 Å². The second-order valence-corrected chi connectivity index (χ2v) is 5.65. The summed E-state index contributed by atoms with van der Waals surface area (Å²) >= 11 is 0. The first-order valence-corrected chi connectivity index (χ1v) is 6.08. The topological polar surface area (TPSA) is 69.4 Å². The van der Waals surface area contributed by atoms with Crippen molar-refractivity contribution in [2.24, 2.45) is 5.73 Å². The molecule has 84 valence electrons. The Kier molecular flexibility index (Phi) is 3.36. The van der Waals surface area contributed by atoms with E-state index in [1.807, 2.05) is 0 Å². The van der Waals surface area contributed by atoms with Gasteiger partial charge < -0.3 is 10.5 Å². The summed E-state index contributed by atoms with van der Waals surface area (Å²) in [6, 6.07) is 4.81. The zero-order valence-electron chi connectivity index (χ0n) is 9.02. The van der Waals surface area contributed by atoms with E-state index in [1.54, 1.807) is 19.1 Å². The Morgan fingerprint density at radius 2 is 2.00 bits per heavy atom. The van der Waals surface area contributed by atoms with Gasteiger partial charge in [-0.1, -0.05) is 0 Å². The molecule has 1 aromatic carbocycles. The first-order chi connectivity index (χ1) is 6.89. The Hall–Kier alpha value is -1.07. The van der Waals surface area contributed by atoms with Crippen molar-refractivity contribution in [3.05, 3.63) is 23.8 Å². The zero-order valence-corrected chi connectivity index (χ0v) is 9.84. The third-order valence-corrected chi connectivity index (χ3v) is 4.23. The van der Waals surface area contributed by atoms with Crippen molar-refractivity contribution in [2.45, 2.75) is 24.1 Å². The monoisotopic (exact) mass is 229 g/mol. The lowest BCUT2D eigenvalue weighted by Crippen LogP contribution is -2.27. The van der Waals surface area contributed by atoms with Gasteiger partial charge in [0.1, 0.15) is 11.1 Å². The van der Waals surface area contributed by atoms with Gasteiger partial charge in [-0.15, -0.1) is 0 Å². The minimum absolute atomic E-state index is 0.262. The summed E-state index contributed by atoms with van der Waals surface area (Å²) in [5, 5.41) is -0.899. The predicted octanol–water partition coefficient (Wildman–Crippen LogP) is 1.08. The fourth-order valence-electron chi connectivity index (χ4n) is 1.27. The number of aryl methyl sites for hydroxylation is 1. The molecule has 15 heavy (non-hydrogen) atoms. The molecule has 2 N–H and O–H groups in total. The van der Waals surface area contributed by atoms with E-state index in [4.69, 9.17) is 10.5 Å². The molecule has 0 bridgehead atoms. The fraction of sp³-hybridized carbons (Fsp3) is 0.400. The van der Waals surface area contributed by atoms with Crippen LogP contribution in [0.2, 0.25) is 0 Å². The van der Waals surface area contributed by atoms with Crippen LogP contribution in [0, 0.1) is 6.92 Å². The van der Waals surface area contributed by atoms with Gasteiger partial charge in [0.2, 0.25) is 0 Å². The van der Waals surface area contributed by atoms with Crippen LogP contribution in [0.3, 0.4) is 0 Å². The molecule has 1 unspecified atom stereocenters. The van der Waals surface area contributed by atoms with Crippen molar-refractivity contribution in [1.29, 1.82) is 0 Å². The SMILES string of the molecule is COc1ccc(S(=O)(=O)C(C)N)c(C)c1. The molecule has 0 aromatic heterocycles. The predicted molar refractivity (Wildman–Crippen MR) is 58.6 cm³/mol. The van der Waals surface area contributed by atoms with Gasteiger partial charge in [-0.3, -0.25) is 0 Å². The van der Waals surface area contributed by atoms with Crippen molar-refractivity contribution >= 4 is 9.84 Å². The third kappa shape index (κ3) is 2.30. The molecular formula is C10H15NO3S. The van der Waals surface area contributed by atoms with Crippen molar-refractivity contribution in [2.75, 3.05) is 7.11 Å². The van der Waals surface area contributed by atoms with Gasteiger partial charge in [0.05, 0.1) is 12.0 Å². The summed E-state index contributed by atoms with van der Waals surface area (Å²) in [4.78, 5) is 0.262. The van der Waals surface area contributed by atoms with Crippen LogP contribution in [0.5, 0.6) is 5.75 Å². The summed E-state index contributed by atoms with van der Waals surface area (Å²) in [6.45, 7) is 3.18. The number of ether oxygens (including phenoxy) is 1. The Balaban J connectivity index is 3.29. The summed E-state index contributed by atoms with van der Waals surface area (Å²) < 4.78 is 28.6. The minimum atomic E-state index is -3.41. The maximum absolute atomic E-state index is 11.8. The molecule has 1 rings (SSSR count). The van der Waals surface area contributed by atoms with Crippen molar-refractivity contribution in [3.63, 3.8) is 0 Å². The Morgan fingerprint density at radius 3 is 2.40 bits per heavy atom. The lowest BCUT2D eigenvalue weighted by atomic mass is 10.2. The van der Waals surface area contributed by atoms with Gasteiger partial charge in [-0.25, -0.2) is 8.42 Å². The van der Waals surface area contributed by atoms with Crippen molar-refractivity contribution in [1.82, 2.24) is 0 Å². The van der Waals surface area contributed by atoms with E-state index in [1.165, 1.54) is 20.1 Å². The molecule has 4 nitrogen and oxygen atoms in total. The zero-order chi connectivity index (χ0) is 11.6. The molecule has 0 aliphatic carbocycles. The van der Waals surface area contributed by atoms with E-state index in [9.17, 15) is 8.42 Å². The number of methoxy groups -OCH3 is 1. The highest BCUT2D eigenvalue weighted by Crippen LogP contribution is 2.22. The molecule has 0 spiro atoms. The number of nitrogens with two attached hydrogens (primary N) is 1. The molecule has 0 aliphatic heterocycles. The molecule has 1 atom stereocenters. The second kappa shape index (κ2) is 4.20. The van der Waals surface area contributed by atoms with Crippen molar-refractivity contribution < 1.29 is 13.2 Å². The Morgan fingerprint density at radius 1 is 1.40 bits per heavy atom. The average Bonchev–Trinajstić information content (AvgIpc) is 2.16. The first kappa shape index (κ1) is 12.0. The average molecular weight is 229 g/mol. The number of hydrogen-bond donors (Lipinski definition) is 1. The van der Waals surface area contributed by atoms with Gasteiger partial charge in [0.15, 0.2) is 9.84 Å². The third-order valence-electron chi connectivity index (χ3n) is 2.18. The van der Waals surface area contributed by atoms with E-state index in [0.29, 0.717) is 11.3 Å². The van der Waals surface area contributed by atoms with Crippen LogP contribution in [0.1, 0.15) is 12.5 Å². The van der Waals surface area contributed by atoms with Crippen molar-refractivity contribution in [3.8, 4) is 5.75 Å². The Bertz CT molecular complexity index is 452. The molecular weight excluding hydrogens is 214 g/mol. The van der Waals surface area contributed by atoms with E-state index in [-0.39, 0.29) is 4.90 Å². The maximum atomic E-state index is 11.8. The fourth-order valence-corrected chi connectivity index (χ4v) is 2.43. The number of sulfone groups is 1. The van der Waals surface area contributed by atoms with Crippen LogP contribution < -0.4 is 10.5 Å². The second-order valence-electron chi connectivity index (χ2n) is 3.38. The molecule has 5 heteroatoms. The normalized spacial score (nSPS) is 13.6. The highest BCUT2D eigenvalue weighted by molar-refractivity contribution is 7.92. The van der Waals surface area contributed by atoms with E-state index < -0.39 is 15.2 Å². The largest absolute Gasteiger partial charge is 0.497 e. The Labute approximate surface area is 90.0 Å². The lowest BCUT2D eigenvalue weighted by molar-refractivity contribution is 0.414. The molecule has 0 fully saturated rings. The van der Waals surface area contributed by atoms with Crippen LogP contribution in [0.4, 0.5) is 0 Å². The first-order valence-electron chi connectivity index (χ1n) is 4.53. The van der Waals surface area contributed by atoms with Crippen LogP contribution in [0.25, 0.3) is 0 Å². The summed E-state index contributed by atoms with van der Waals surface area (Å²) in [7, 11) is -1.87. The van der Waals surface area contributed by atoms with Gasteiger partial charge in [0, 0.05) is 0 Å². The van der Waals surface area contributed by atoms with E-state index >= 15 is 0 Å². The summed E-state index contributed by atoms with van der Waals surface area (Å²) in [5.74, 6) is 0.635. The van der Waals surface area contributed by atoms with Crippen LogP contribution >= 0.6 is 0 Å². The molecule has 0 aliphatic rings. The summed E-state index contributed by atoms with van der Waals surface area (Å²) in [5.41, 5.74) is 6.07. The number of benzene rings is 1. The molecule has 1 aromatic rings. The summed E-state index contributed by atoms with van der Waals surface area (Å²) in [6.07, 6.45) is 0. The lowest BCUT2D eigenvalue weighted by Gasteiger charge is -2.11. The quantitative estimate of drug-likeness (QED) is 0.842. The molecule has 0 radical (unpaired) electrons. The van der Waals surface area contributed by atoms with Gasteiger partial charge in [-0.05, 0) is 37.6 Å². The molecule has 0 heterocycles. The standard InChI is InChI=1S/C10H15NO3S/c1-7-6-9(14-3)4-5-10(7)15(12,13)8(2)11/h4-6,8H,11H2,1-3H3. The van der Waals surface area contributed by atoms with Crippen LogP contribution in [0.15, 0.2) is 23.1 Å². The smallest absolute Gasteiger partial charge is 0.193 e. The van der Waals surface area contributed by atoms with E-state index in [2.05, 4.69) is 0 Å². The van der Waals surface area contributed by atoms with Gasteiger partial charge in [-0.2, -0.15) is 0 Å². The highest BCUT2D eigenvalue weighted by atomic mass is 32.2. The number of hydrogen-bond acceptors (Lipinski definition) is 4. The van der Waals surface area contributed by atoms with Crippen LogP contribution in [-0.4, -0.2) is 20.9 Å².